The normalized spacial score (nSPS) is 12.1. The molecule has 0 fully saturated rings. The van der Waals surface area contributed by atoms with Crippen LogP contribution in [-0.4, -0.2) is 57.3 Å². The third-order valence-corrected chi connectivity index (χ3v) is 5.49. The van der Waals surface area contributed by atoms with Gasteiger partial charge in [0.25, 0.3) is 11.8 Å². The molecule has 13 heteroatoms. The average Bonchev–Trinajstić information content (AvgIpc) is 3.40. The number of hydrogen-bond acceptors (Lipinski definition) is 8. The number of carbonyl (C=O) groups excluding carboxylic acids is 3. The number of nitrogens with one attached hydrogen (secondary N) is 4. The SMILES string of the molecule is CNCCC(C=O)NC(=O)c1cc(C(=O)NCc2ccc3oc(=O)[nH]c3c2)nc2c(P)cnn12. The van der Waals surface area contributed by atoms with Crippen LogP contribution in [0.1, 0.15) is 33.0 Å². The first kappa shape index (κ1) is 23.3. The minimum Gasteiger partial charge on any atom is -0.408 e. The molecule has 0 aliphatic carbocycles. The molecule has 4 rings (SSSR count). The van der Waals surface area contributed by atoms with Gasteiger partial charge in [0, 0.05) is 17.9 Å². The Morgan fingerprint density at radius 2 is 2.12 bits per heavy atom. The zero-order valence-electron chi connectivity index (χ0n) is 18.1. The average molecular weight is 483 g/mol. The minimum atomic E-state index is -0.698. The molecule has 0 spiro atoms. The van der Waals surface area contributed by atoms with Crippen LogP contribution in [0.25, 0.3) is 16.7 Å². The van der Waals surface area contributed by atoms with Crippen LogP contribution in [-0.2, 0) is 11.3 Å². The third-order valence-electron chi connectivity index (χ3n) is 5.09. The molecule has 4 aromatic rings. The standard InChI is InChI=1S/C21H22N7O5P/c1-22-5-4-12(10-29)25-20(31)15-7-14(26-18-17(34)9-24-28(15)18)19(30)23-8-11-2-3-16-13(6-11)27-21(32)33-16/h2-3,6-7,9-10,12,22H,4-5,8,34H2,1H3,(H,23,30)(H,25,31)(H,27,32). The molecule has 2 atom stereocenters. The van der Waals surface area contributed by atoms with Crippen molar-refractivity contribution in [3.8, 4) is 0 Å². The van der Waals surface area contributed by atoms with Crippen LogP contribution in [0.2, 0.25) is 0 Å². The number of aldehydes is 1. The van der Waals surface area contributed by atoms with Crippen molar-refractivity contribution >= 4 is 49.4 Å². The van der Waals surface area contributed by atoms with Gasteiger partial charge in [0.15, 0.2) is 11.2 Å². The fourth-order valence-electron chi connectivity index (χ4n) is 3.36. The molecule has 0 saturated carbocycles. The Morgan fingerprint density at radius 3 is 2.88 bits per heavy atom. The summed E-state index contributed by atoms with van der Waals surface area (Å²) in [4.78, 5) is 55.4. The monoisotopic (exact) mass is 483 g/mol. The molecule has 3 aromatic heterocycles. The van der Waals surface area contributed by atoms with Gasteiger partial charge in [0.2, 0.25) is 0 Å². The number of rotatable bonds is 9. The molecule has 0 aliphatic rings. The lowest BCUT2D eigenvalue weighted by Gasteiger charge is -2.14. The summed E-state index contributed by atoms with van der Waals surface area (Å²) >= 11 is 0. The van der Waals surface area contributed by atoms with Gasteiger partial charge in [0.05, 0.1) is 17.8 Å². The van der Waals surface area contributed by atoms with Gasteiger partial charge in [-0.1, -0.05) is 15.3 Å². The molecule has 3 heterocycles. The predicted octanol–water partition coefficient (Wildman–Crippen LogP) is -0.499. The van der Waals surface area contributed by atoms with Crippen LogP contribution < -0.4 is 27.0 Å². The van der Waals surface area contributed by atoms with Crippen LogP contribution in [0, 0.1) is 0 Å². The summed E-state index contributed by atoms with van der Waals surface area (Å²) in [6, 6.07) is 5.67. The highest BCUT2D eigenvalue weighted by atomic mass is 31.0. The topological polar surface area (TPSA) is 163 Å². The van der Waals surface area contributed by atoms with Crippen molar-refractivity contribution < 1.29 is 18.8 Å². The molecule has 0 saturated heterocycles. The van der Waals surface area contributed by atoms with Crippen molar-refractivity contribution in [1.29, 1.82) is 0 Å². The number of fused-ring (bicyclic) bond motifs is 2. The Hall–Kier alpha value is -3.89. The largest absolute Gasteiger partial charge is 0.417 e. The number of hydrogen-bond donors (Lipinski definition) is 4. The van der Waals surface area contributed by atoms with Crippen molar-refractivity contribution in [3.63, 3.8) is 0 Å². The third kappa shape index (κ3) is 4.87. The van der Waals surface area contributed by atoms with Gasteiger partial charge in [-0.05, 0) is 37.7 Å². The molecular formula is C21H22N7O5P. The lowest BCUT2D eigenvalue weighted by Crippen LogP contribution is -2.39. The van der Waals surface area contributed by atoms with Gasteiger partial charge < -0.3 is 25.2 Å². The van der Waals surface area contributed by atoms with Crippen LogP contribution >= 0.6 is 9.24 Å². The van der Waals surface area contributed by atoms with E-state index in [9.17, 15) is 19.2 Å². The Bertz CT molecular complexity index is 1440. The van der Waals surface area contributed by atoms with Crippen LogP contribution in [0.3, 0.4) is 0 Å². The van der Waals surface area contributed by atoms with E-state index in [1.54, 1.807) is 25.2 Å². The molecule has 1 aromatic carbocycles. The number of nitrogens with zero attached hydrogens (tertiary/aromatic N) is 3. The number of carbonyl (C=O) groups is 3. The van der Waals surface area contributed by atoms with E-state index < -0.39 is 23.6 Å². The zero-order valence-corrected chi connectivity index (χ0v) is 19.3. The van der Waals surface area contributed by atoms with E-state index in [4.69, 9.17) is 4.42 Å². The lowest BCUT2D eigenvalue weighted by atomic mass is 10.2. The van der Waals surface area contributed by atoms with Gasteiger partial charge in [-0.25, -0.2) is 14.3 Å². The highest BCUT2D eigenvalue weighted by molar-refractivity contribution is 7.28. The molecule has 0 aliphatic heterocycles. The van der Waals surface area contributed by atoms with Crippen LogP contribution in [0.15, 0.2) is 39.7 Å². The molecule has 4 N–H and O–H groups in total. The fourth-order valence-corrected chi connectivity index (χ4v) is 3.61. The molecule has 12 nitrogen and oxygen atoms in total. The molecule has 34 heavy (non-hydrogen) atoms. The second-order valence-electron chi connectivity index (χ2n) is 7.50. The number of H-pyrrole nitrogens is 1. The first-order valence-corrected chi connectivity index (χ1v) is 10.9. The van der Waals surface area contributed by atoms with Crippen molar-refractivity contribution in [2.75, 3.05) is 13.6 Å². The Labute approximate surface area is 194 Å². The first-order chi connectivity index (χ1) is 16.4. The van der Waals surface area contributed by atoms with Crippen molar-refractivity contribution in [2.24, 2.45) is 0 Å². The second kappa shape index (κ2) is 9.94. The maximum atomic E-state index is 12.9. The summed E-state index contributed by atoms with van der Waals surface area (Å²) in [5.74, 6) is -1.63. The van der Waals surface area contributed by atoms with Gasteiger partial charge in [-0.15, -0.1) is 0 Å². The second-order valence-corrected chi connectivity index (χ2v) is 8.12. The maximum Gasteiger partial charge on any atom is 0.417 e. The number of amides is 2. The van der Waals surface area contributed by atoms with Gasteiger partial charge in [-0.3, -0.25) is 14.6 Å². The number of aromatic nitrogens is 4. The predicted molar refractivity (Wildman–Crippen MR) is 126 cm³/mol. The minimum absolute atomic E-state index is 0.0116. The zero-order chi connectivity index (χ0) is 24.2. The van der Waals surface area contributed by atoms with E-state index in [0.29, 0.717) is 41.3 Å². The number of oxazole rings is 1. The lowest BCUT2D eigenvalue weighted by molar-refractivity contribution is -0.109. The van der Waals surface area contributed by atoms with Gasteiger partial charge >= 0.3 is 5.76 Å². The summed E-state index contributed by atoms with van der Waals surface area (Å²) in [5.41, 5.74) is 2.06. The summed E-state index contributed by atoms with van der Waals surface area (Å²) in [7, 11) is 4.20. The molecular weight excluding hydrogens is 461 g/mol. The van der Waals surface area contributed by atoms with Crippen molar-refractivity contribution in [2.45, 2.75) is 19.0 Å². The van der Waals surface area contributed by atoms with Crippen molar-refractivity contribution in [1.82, 2.24) is 35.5 Å². The van der Waals surface area contributed by atoms with E-state index in [0.717, 1.165) is 5.56 Å². The molecule has 0 radical (unpaired) electrons. The summed E-state index contributed by atoms with van der Waals surface area (Å²) < 4.78 is 6.29. The van der Waals surface area contributed by atoms with Crippen LogP contribution in [0.4, 0.5) is 0 Å². The quantitative estimate of drug-likeness (QED) is 0.183. The first-order valence-electron chi connectivity index (χ1n) is 10.3. The Morgan fingerprint density at radius 1 is 1.29 bits per heavy atom. The highest BCUT2D eigenvalue weighted by Gasteiger charge is 2.21. The fraction of sp³-hybridized carbons (Fsp3) is 0.238. The maximum absolute atomic E-state index is 12.9. The number of aromatic amines is 1. The summed E-state index contributed by atoms with van der Waals surface area (Å²) in [6.45, 7) is 0.694. The molecule has 176 valence electrons. The van der Waals surface area contributed by atoms with E-state index in [2.05, 4.69) is 40.3 Å². The Balaban J connectivity index is 1.57. The summed E-state index contributed by atoms with van der Waals surface area (Å²) in [6.07, 6.45) is 2.58. The molecule has 2 unspecified atom stereocenters. The van der Waals surface area contributed by atoms with E-state index in [1.165, 1.54) is 16.8 Å². The highest BCUT2D eigenvalue weighted by Crippen LogP contribution is 2.13. The Kier molecular flexibility index (Phi) is 6.80. The van der Waals surface area contributed by atoms with E-state index in [1.807, 2.05) is 0 Å². The van der Waals surface area contributed by atoms with Gasteiger partial charge in [-0.2, -0.15) is 5.10 Å². The van der Waals surface area contributed by atoms with Crippen molar-refractivity contribution in [3.05, 3.63) is 58.0 Å². The van der Waals surface area contributed by atoms with E-state index in [-0.39, 0.29) is 17.9 Å². The molecule has 0 bridgehead atoms. The number of benzene rings is 1. The summed E-state index contributed by atoms with van der Waals surface area (Å²) in [5, 5.41) is 13.1. The van der Waals surface area contributed by atoms with Crippen LogP contribution in [0.5, 0.6) is 0 Å². The van der Waals surface area contributed by atoms with E-state index >= 15 is 0 Å². The van der Waals surface area contributed by atoms with Gasteiger partial charge in [0.1, 0.15) is 17.7 Å². The smallest absolute Gasteiger partial charge is 0.408 e. The molecule has 2 amide bonds.